The SMILES string of the molecule is COc1ccc(N)cc1N=C1CC(=O)N(c2ccccc2)N1. The van der Waals surface area contributed by atoms with Crippen molar-refractivity contribution in [2.45, 2.75) is 6.42 Å². The molecule has 0 bridgehead atoms. The minimum atomic E-state index is -0.0622. The van der Waals surface area contributed by atoms with E-state index in [4.69, 9.17) is 10.5 Å². The van der Waals surface area contributed by atoms with Gasteiger partial charge < -0.3 is 10.5 Å². The van der Waals surface area contributed by atoms with E-state index in [1.807, 2.05) is 30.3 Å². The summed E-state index contributed by atoms with van der Waals surface area (Å²) in [6.45, 7) is 0. The zero-order chi connectivity index (χ0) is 15.5. The number of carbonyl (C=O) groups excluding carboxylic acids is 1. The molecule has 6 nitrogen and oxygen atoms in total. The molecule has 112 valence electrons. The quantitative estimate of drug-likeness (QED) is 0.851. The fraction of sp³-hybridized carbons (Fsp3) is 0.125. The molecule has 2 aromatic rings. The van der Waals surface area contributed by atoms with E-state index in [0.717, 1.165) is 5.69 Å². The highest BCUT2D eigenvalue weighted by molar-refractivity contribution is 6.14. The van der Waals surface area contributed by atoms with Crippen molar-refractivity contribution >= 4 is 28.8 Å². The molecule has 3 rings (SSSR count). The lowest BCUT2D eigenvalue weighted by molar-refractivity contribution is -0.116. The van der Waals surface area contributed by atoms with E-state index in [0.29, 0.717) is 23.0 Å². The van der Waals surface area contributed by atoms with Crippen molar-refractivity contribution in [2.75, 3.05) is 17.9 Å². The predicted octanol–water partition coefficient (Wildman–Crippen LogP) is 2.25. The van der Waals surface area contributed by atoms with Crippen LogP contribution in [0, 0.1) is 0 Å². The molecule has 0 aromatic heterocycles. The molecule has 1 amide bonds. The molecule has 0 saturated carbocycles. The van der Waals surface area contributed by atoms with Crippen LogP contribution in [-0.2, 0) is 4.79 Å². The van der Waals surface area contributed by atoms with Crippen LogP contribution in [0.2, 0.25) is 0 Å². The van der Waals surface area contributed by atoms with Gasteiger partial charge in [-0.15, -0.1) is 0 Å². The molecule has 0 unspecified atom stereocenters. The highest BCUT2D eigenvalue weighted by atomic mass is 16.5. The van der Waals surface area contributed by atoms with Crippen LogP contribution in [0.1, 0.15) is 6.42 Å². The third kappa shape index (κ3) is 2.71. The first-order valence-corrected chi connectivity index (χ1v) is 6.83. The van der Waals surface area contributed by atoms with Gasteiger partial charge in [-0.3, -0.25) is 10.2 Å². The highest BCUT2D eigenvalue weighted by Gasteiger charge is 2.26. The maximum atomic E-state index is 12.1. The van der Waals surface area contributed by atoms with Gasteiger partial charge in [0.15, 0.2) is 0 Å². The van der Waals surface area contributed by atoms with E-state index in [9.17, 15) is 4.79 Å². The number of ether oxygens (including phenoxy) is 1. The van der Waals surface area contributed by atoms with Crippen LogP contribution in [0.4, 0.5) is 17.1 Å². The summed E-state index contributed by atoms with van der Waals surface area (Å²) >= 11 is 0. The number of para-hydroxylation sites is 1. The lowest BCUT2D eigenvalue weighted by atomic mass is 10.2. The second kappa shape index (κ2) is 5.77. The number of hydrogen-bond donors (Lipinski definition) is 2. The average molecular weight is 296 g/mol. The first-order valence-electron chi connectivity index (χ1n) is 6.83. The van der Waals surface area contributed by atoms with Crippen LogP contribution in [0.3, 0.4) is 0 Å². The number of benzene rings is 2. The lowest BCUT2D eigenvalue weighted by Gasteiger charge is -2.15. The second-order valence-electron chi connectivity index (χ2n) is 4.84. The molecule has 6 heteroatoms. The molecule has 1 fully saturated rings. The van der Waals surface area contributed by atoms with E-state index in [1.165, 1.54) is 5.01 Å². The van der Waals surface area contributed by atoms with Crippen LogP contribution < -0.4 is 20.9 Å². The minimum absolute atomic E-state index is 0.0622. The summed E-state index contributed by atoms with van der Waals surface area (Å²) < 4.78 is 5.26. The number of hydrogen-bond acceptors (Lipinski definition) is 4. The summed E-state index contributed by atoms with van der Waals surface area (Å²) in [5.41, 5.74) is 10.7. The summed E-state index contributed by atoms with van der Waals surface area (Å²) in [4.78, 5) is 16.6. The normalized spacial score (nSPS) is 16.0. The second-order valence-corrected chi connectivity index (χ2v) is 4.84. The van der Waals surface area contributed by atoms with Crippen LogP contribution in [0.15, 0.2) is 53.5 Å². The summed E-state index contributed by atoms with van der Waals surface area (Å²) in [5.74, 6) is 1.10. The number of nitrogens with one attached hydrogen (secondary N) is 1. The number of carbonyl (C=O) groups is 1. The molecule has 1 aliphatic rings. The number of hydrazine groups is 1. The van der Waals surface area contributed by atoms with E-state index in [1.54, 1.807) is 25.3 Å². The van der Waals surface area contributed by atoms with Gasteiger partial charge >= 0.3 is 0 Å². The number of nitrogen functional groups attached to an aromatic ring is 1. The van der Waals surface area contributed by atoms with Gasteiger partial charge in [-0.2, -0.15) is 0 Å². The molecular weight excluding hydrogens is 280 g/mol. The maximum absolute atomic E-state index is 12.1. The Morgan fingerprint density at radius 2 is 2.00 bits per heavy atom. The number of nitrogens with zero attached hydrogens (tertiary/aromatic N) is 2. The predicted molar refractivity (Wildman–Crippen MR) is 86.2 cm³/mol. The average Bonchev–Trinajstić information content (AvgIpc) is 2.89. The van der Waals surface area contributed by atoms with Gasteiger partial charge in [0.05, 0.1) is 19.2 Å². The number of anilines is 2. The molecule has 0 aliphatic carbocycles. The molecule has 0 atom stereocenters. The van der Waals surface area contributed by atoms with E-state index >= 15 is 0 Å². The third-order valence-electron chi connectivity index (χ3n) is 3.28. The van der Waals surface area contributed by atoms with E-state index in [-0.39, 0.29) is 12.3 Å². The van der Waals surface area contributed by atoms with Gasteiger partial charge in [-0.1, -0.05) is 18.2 Å². The third-order valence-corrected chi connectivity index (χ3v) is 3.28. The van der Waals surface area contributed by atoms with Crippen molar-refractivity contribution < 1.29 is 9.53 Å². The summed E-state index contributed by atoms with van der Waals surface area (Å²) in [7, 11) is 1.57. The zero-order valence-electron chi connectivity index (χ0n) is 12.1. The Bertz CT molecular complexity index is 728. The van der Waals surface area contributed by atoms with Gasteiger partial charge in [0, 0.05) is 5.69 Å². The van der Waals surface area contributed by atoms with Crippen LogP contribution in [0.25, 0.3) is 0 Å². The van der Waals surface area contributed by atoms with Crippen molar-refractivity contribution in [2.24, 2.45) is 4.99 Å². The first-order chi connectivity index (χ1) is 10.7. The zero-order valence-corrected chi connectivity index (χ0v) is 12.1. The van der Waals surface area contributed by atoms with Gasteiger partial charge in [0.2, 0.25) is 0 Å². The van der Waals surface area contributed by atoms with Gasteiger partial charge in [-0.25, -0.2) is 10.0 Å². The number of methoxy groups -OCH3 is 1. The largest absolute Gasteiger partial charge is 0.494 e. The maximum Gasteiger partial charge on any atom is 0.253 e. The minimum Gasteiger partial charge on any atom is -0.494 e. The van der Waals surface area contributed by atoms with Gasteiger partial charge in [-0.05, 0) is 30.3 Å². The van der Waals surface area contributed by atoms with E-state index < -0.39 is 0 Å². The monoisotopic (exact) mass is 296 g/mol. The molecule has 1 aliphatic heterocycles. The van der Waals surface area contributed by atoms with Crippen molar-refractivity contribution in [1.82, 2.24) is 5.43 Å². The van der Waals surface area contributed by atoms with Gasteiger partial charge in [0.25, 0.3) is 5.91 Å². The van der Waals surface area contributed by atoms with Crippen LogP contribution in [0.5, 0.6) is 5.75 Å². The molecular formula is C16H16N4O2. The molecule has 2 aromatic carbocycles. The number of aliphatic imine (C=N–C) groups is 1. The fourth-order valence-electron chi connectivity index (χ4n) is 2.24. The Balaban J connectivity index is 1.88. The fourth-order valence-corrected chi connectivity index (χ4v) is 2.24. The van der Waals surface area contributed by atoms with E-state index in [2.05, 4.69) is 10.4 Å². The first kappa shape index (κ1) is 13.9. The Labute approximate surface area is 128 Å². The molecule has 1 saturated heterocycles. The lowest BCUT2D eigenvalue weighted by Crippen LogP contribution is -2.35. The van der Waals surface area contributed by atoms with Crippen molar-refractivity contribution in [3.63, 3.8) is 0 Å². The number of rotatable bonds is 3. The number of amidine groups is 1. The highest BCUT2D eigenvalue weighted by Crippen LogP contribution is 2.30. The topological polar surface area (TPSA) is 80.0 Å². The molecule has 0 spiro atoms. The number of amides is 1. The Morgan fingerprint density at radius 1 is 1.23 bits per heavy atom. The van der Waals surface area contributed by atoms with Crippen LogP contribution >= 0.6 is 0 Å². The molecule has 0 radical (unpaired) electrons. The summed E-state index contributed by atoms with van der Waals surface area (Å²) in [5, 5.41) is 1.48. The Morgan fingerprint density at radius 3 is 2.73 bits per heavy atom. The molecule has 1 heterocycles. The smallest absolute Gasteiger partial charge is 0.253 e. The standard InChI is InChI=1S/C16H16N4O2/c1-22-14-8-7-11(17)9-13(14)18-15-10-16(21)20(19-15)12-5-3-2-4-6-12/h2-9H,10,17H2,1H3,(H,18,19). The number of nitrogens with two attached hydrogens (primary N) is 1. The van der Waals surface area contributed by atoms with Crippen LogP contribution in [-0.4, -0.2) is 18.9 Å². The van der Waals surface area contributed by atoms with Crippen molar-refractivity contribution in [1.29, 1.82) is 0 Å². The molecule has 3 N–H and O–H groups in total. The Hall–Kier alpha value is -3.02. The van der Waals surface area contributed by atoms with Gasteiger partial charge in [0.1, 0.15) is 17.3 Å². The Kier molecular flexibility index (Phi) is 3.65. The summed E-state index contributed by atoms with van der Waals surface area (Å²) in [6.07, 6.45) is 0.201. The summed E-state index contributed by atoms with van der Waals surface area (Å²) in [6, 6.07) is 14.6. The van der Waals surface area contributed by atoms with Crippen molar-refractivity contribution in [3.05, 3.63) is 48.5 Å². The van der Waals surface area contributed by atoms with Crippen molar-refractivity contribution in [3.8, 4) is 5.75 Å². The molecule has 22 heavy (non-hydrogen) atoms.